The Bertz CT molecular complexity index is 918. The van der Waals surface area contributed by atoms with E-state index in [1.54, 1.807) is 19.9 Å². The number of halogens is 3. The van der Waals surface area contributed by atoms with E-state index in [9.17, 15) is 27.9 Å². The molecule has 150 valence electrons. The van der Waals surface area contributed by atoms with Crippen LogP contribution in [0.5, 0.6) is 5.75 Å². The number of thiophene rings is 1. The van der Waals surface area contributed by atoms with Gasteiger partial charge in [-0.15, -0.1) is 11.3 Å². The summed E-state index contributed by atoms with van der Waals surface area (Å²) in [5, 5.41) is 13.3. The number of hydrogen-bond donors (Lipinski definition) is 2. The van der Waals surface area contributed by atoms with Gasteiger partial charge in [-0.25, -0.2) is 0 Å². The number of carbonyl (C=O) groups excluding carboxylic acids is 2. The quantitative estimate of drug-likeness (QED) is 0.747. The predicted molar refractivity (Wildman–Crippen MR) is 96.7 cm³/mol. The highest BCUT2D eigenvalue weighted by Crippen LogP contribution is 2.45. The second kappa shape index (κ2) is 6.89. The molecule has 2 heterocycles. The maximum absolute atomic E-state index is 12.7. The van der Waals surface area contributed by atoms with Gasteiger partial charge in [0.05, 0.1) is 21.4 Å². The molecule has 5 nitrogen and oxygen atoms in total. The van der Waals surface area contributed by atoms with Crippen LogP contribution in [0.1, 0.15) is 57.3 Å². The molecule has 0 spiro atoms. The van der Waals surface area contributed by atoms with Gasteiger partial charge in [0.2, 0.25) is 0 Å². The third-order valence-electron chi connectivity index (χ3n) is 4.52. The normalized spacial score (nSPS) is 20.8. The Morgan fingerprint density at radius 1 is 1.21 bits per heavy atom. The number of hydrogen-bond acceptors (Lipinski definition) is 5. The first-order valence-electron chi connectivity index (χ1n) is 8.40. The molecule has 2 atom stereocenters. The lowest BCUT2D eigenvalue weighted by molar-refractivity contribution is -0.137. The number of carbonyl (C=O) groups is 2. The Kier molecular flexibility index (Phi) is 5.01. The van der Waals surface area contributed by atoms with Crippen LogP contribution in [-0.4, -0.2) is 28.5 Å². The van der Waals surface area contributed by atoms with E-state index in [1.807, 2.05) is 0 Å². The van der Waals surface area contributed by atoms with Crippen LogP contribution in [0.4, 0.5) is 13.2 Å². The van der Waals surface area contributed by atoms with E-state index in [2.05, 4.69) is 5.32 Å². The number of ether oxygens (including phenoxy) is 1. The van der Waals surface area contributed by atoms with Gasteiger partial charge >= 0.3 is 6.18 Å². The zero-order valence-corrected chi connectivity index (χ0v) is 16.1. The number of nitrogens with one attached hydrogen (secondary N) is 1. The van der Waals surface area contributed by atoms with Crippen molar-refractivity contribution in [2.24, 2.45) is 0 Å². The van der Waals surface area contributed by atoms with Crippen LogP contribution in [0.2, 0.25) is 0 Å². The van der Waals surface area contributed by atoms with Crippen LogP contribution in [-0.2, 0) is 6.18 Å². The van der Waals surface area contributed by atoms with Gasteiger partial charge < -0.3 is 15.2 Å². The van der Waals surface area contributed by atoms with Gasteiger partial charge in [0, 0.05) is 11.6 Å². The number of rotatable bonds is 3. The summed E-state index contributed by atoms with van der Waals surface area (Å²) in [5.41, 5.74) is -1.88. The lowest BCUT2D eigenvalue weighted by atomic mass is 9.90. The van der Waals surface area contributed by atoms with Gasteiger partial charge in [0.25, 0.3) is 5.91 Å². The molecule has 28 heavy (non-hydrogen) atoms. The number of fused-ring (bicyclic) bond motifs is 1. The Balaban J connectivity index is 1.90. The fourth-order valence-electron chi connectivity index (χ4n) is 2.93. The number of aliphatic hydroxyl groups excluding tert-OH is 1. The van der Waals surface area contributed by atoms with Gasteiger partial charge in [-0.1, -0.05) is 0 Å². The summed E-state index contributed by atoms with van der Waals surface area (Å²) in [6.07, 6.45) is -5.62. The summed E-state index contributed by atoms with van der Waals surface area (Å²) in [6.45, 7) is 4.68. The first-order valence-corrected chi connectivity index (χ1v) is 9.21. The Hall–Kier alpha value is -2.39. The average Bonchev–Trinajstić information content (AvgIpc) is 3.01. The van der Waals surface area contributed by atoms with E-state index in [4.69, 9.17) is 4.74 Å². The van der Waals surface area contributed by atoms with Crippen LogP contribution in [0.25, 0.3) is 0 Å². The molecule has 0 saturated heterocycles. The largest absolute Gasteiger partial charge is 0.484 e. The fourth-order valence-corrected chi connectivity index (χ4v) is 3.99. The van der Waals surface area contributed by atoms with Crippen molar-refractivity contribution in [1.29, 1.82) is 0 Å². The van der Waals surface area contributed by atoms with Gasteiger partial charge in [0.1, 0.15) is 17.5 Å². The molecular weight excluding hydrogens is 395 g/mol. The summed E-state index contributed by atoms with van der Waals surface area (Å²) in [5.74, 6) is -0.425. The second-order valence-corrected chi connectivity index (χ2v) is 8.16. The standard InChI is InChI=1S/C19H18F3NO4S/c1-9(24)13-8-12-15(28-13)14(16(25)18(2,3)27-12)23-17(26)10-4-6-11(7-5-10)19(20,21)22/h4-8,14,16,25H,1-3H3,(H,23,26)/t14-,16+/m1/s1. The van der Waals surface area contributed by atoms with Gasteiger partial charge in [-0.05, 0) is 45.0 Å². The maximum Gasteiger partial charge on any atom is 0.416 e. The van der Waals surface area contributed by atoms with E-state index in [-0.39, 0.29) is 11.3 Å². The van der Waals surface area contributed by atoms with Crippen molar-refractivity contribution < 1.29 is 32.6 Å². The molecule has 0 aliphatic carbocycles. The number of alkyl halides is 3. The van der Waals surface area contributed by atoms with Crippen molar-refractivity contribution in [2.75, 3.05) is 0 Å². The molecule has 0 unspecified atom stereocenters. The van der Waals surface area contributed by atoms with Crippen molar-refractivity contribution in [3.8, 4) is 5.75 Å². The van der Waals surface area contributed by atoms with Gasteiger partial charge in [0.15, 0.2) is 5.78 Å². The molecule has 0 saturated carbocycles. The van der Waals surface area contributed by atoms with Crippen molar-refractivity contribution in [3.05, 3.63) is 51.2 Å². The zero-order valence-electron chi connectivity index (χ0n) is 15.3. The third kappa shape index (κ3) is 3.77. The topological polar surface area (TPSA) is 75.6 Å². The minimum Gasteiger partial charge on any atom is -0.484 e. The fraction of sp³-hybridized carbons (Fsp3) is 0.368. The minimum absolute atomic E-state index is 0.0226. The average molecular weight is 413 g/mol. The van der Waals surface area contributed by atoms with Gasteiger partial charge in [-0.3, -0.25) is 9.59 Å². The number of aliphatic hydroxyl groups is 1. The molecule has 0 radical (unpaired) electrons. The summed E-state index contributed by atoms with van der Waals surface area (Å²) in [4.78, 5) is 25.2. The summed E-state index contributed by atoms with van der Waals surface area (Å²) < 4.78 is 43.8. The molecule has 3 rings (SSSR count). The van der Waals surface area contributed by atoms with Crippen molar-refractivity contribution in [2.45, 2.75) is 44.7 Å². The van der Waals surface area contributed by atoms with Crippen molar-refractivity contribution in [3.63, 3.8) is 0 Å². The Morgan fingerprint density at radius 3 is 2.36 bits per heavy atom. The first-order chi connectivity index (χ1) is 12.9. The number of benzene rings is 1. The van der Waals surface area contributed by atoms with Crippen LogP contribution >= 0.6 is 11.3 Å². The Morgan fingerprint density at radius 2 is 1.82 bits per heavy atom. The second-order valence-electron chi connectivity index (χ2n) is 7.07. The molecule has 9 heteroatoms. The third-order valence-corrected chi connectivity index (χ3v) is 5.82. The molecule has 1 aliphatic rings. The lowest BCUT2D eigenvalue weighted by Gasteiger charge is -2.40. The van der Waals surface area contributed by atoms with E-state index in [0.717, 1.165) is 35.6 Å². The number of Topliss-reactive ketones (excluding diaryl/α,β-unsaturated/α-hetero) is 1. The molecule has 0 fully saturated rings. The zero-order chi connectivity index (χ0) is 20.9. The maximum atomic E-state index is 12.7. The van der Waals surface area contributed by atoms with Crippen molar-refractivity contribution in [1.82, 2.24) is 5.32 Å². The van der Waals surface area contributed by atoms with Crippen LogP contribution in [0.15, 0.2) is 30.3 Å². The van der Waals surface area contributed by atoms with Crippen LogP contribution < -0.4 is 10.1 Å². The van der Waals surface area contributed by atoms with E-state index < -0.39 is 35.4 Å². The van der Waals surface area contributed by atoms with E-state index >= 15 is 0 Å². The highest BCUT2D eigenvalue weighted by molar-refractivity contribution is 7.14. The molecule has 1 aromatic carbocycles. The molecular formula is C19H18F3NO4S. The lowest BCUT2D eigenvalue weighted by Crippen LogP contribution is -2.53. The number of ketones is 1. The predicted octanol–water partition coefficient (Wildman–Crippen LogP) is 3.97. The minimum atomic E-state index is -4.50. The summed E-state index contributed by atoms with van der Waals surface area (Å²) in [6, 6.07) is 4.49. The van der Waals surface area contributed by atoms with Crippen molar-refractivity contribution >= 4 is 23.0 Å². The number of amides is 1. The van der Waals surface area contributed by atoms with E-state index in [0.29, 0.717) is 15.5 Å². The molecule has 1 aliphatic heterocycles. The summed E-state index contributed by atoms with van der Waals surface area (Å²) in [7, 11) is 0. The van der Waals surface area contributed by atoms with Crippen LogP contribution in [0, 0.1) is 0 Å². The van der Waals surface area contributed by atoms with Crippen LogP contribution in [0.3, 0.4) is 0 Å². The summed E-state index contributed by atoms with van der Waals surface area (Å²) >= 11 is 1.10. The highest BCUT2D eigenvalue weighted by Gasteiger charge is 2.45. The highest BCUT2D eigenvalue weighted by atomic mass is 32.1. The molecule has 1 amide bonds. The van der Waals surface area contributed by atoms with E-state index in [1.165, 1.54) is 6.92 Å². The first kappa shape index (κ1) is 20.3. The molecule has 1 aromatic heterocycles. The smallest absolute Gasteiger partial charge is 0.416 e. The monoisotopic (exact) mass is 413 g/mol. The molecule has 2 N–H and O–H groups in total. The van der Waals surface area contributed by atoms with Gasteiger partial charge in [-0.2, -0.15) is 13.2 Å². The Labute approximate surface area is 163 Å². The SMILES string of the molecule is CC(=O)c1cc2c(s1)[C@@H](NC(=O)c1ccc(C(F)(F)F)cc1)[C@H](O)C(C)(C)O2. The molecule has 0 bridgehead atoms. The molecule has 2 aromatic rings.